The molecule has 39 heavy (non-hydrogen) atoms. The Balaban J connectivity index is 1.48. The number of para-hydroxylation sites is 1. The van der Waals surface area contributed by atoms with Crippen molar-refractivity contribution in [2.24, 2.45) is 5.92 Å². The summed E-state index contributed by atoms with van der Waals surface area (Å²) in [5.74, 6) is -0.269. The number of hydrogen-bond acceptors (Lipinski definition) is 6. The highest BCUT2D eigenvalue weighted by molar-refractivity contribution is 9.10. The van der Waals surface area contributed by atoms with E-state index in [2.05, 4.69) is 33.4 Å². The number of thioether (sulfide) groups is 1. The molecule has 3 aromatic carbocycles. The van der Waals surface area contributed by atoms with E-state index in [-0.39, 0.29) is 35.2 Å². The van der Waals surface area contributed by atoms with Crippen LogP contribution in [-0.2, 0) is 32.0 Å². The van der Waals surface area contributed by atoms with Crippen LogP contribution in [0.25, 0.3) is 21.8 Å². The number of halogens is 1. The third-order valence-corrected chi connectivity index (χ3v) is 8.81. The minimum absolute atomic E-state index is 0.000678. The van der Waals surface area contributed by atoms with Gasteiger partial charge in [-0.2, -0.15) is 0 Å². The Morgan fingerprint density at radius 3 is 2.67 bits per heavy atom. The number of benzene rings is 3. The standard InChI is InChI=1S/C31H29BrN2O4S/c1-18(35)39-17-27(23-10-7-19-15-20(32)8-11-22(19)23)31(37)33-21-9-13-29-26(16-21)24(12-14-30(36)38-2)25-5-3-4-6-28(25)34-29/h3-6,8-9,11,13,15-16,23,27H,7,10,12,14,17H2,1-2H3,(H,33,37). The zero-order valence-electron chi connectivity index (χ0n) is 21.8. The van der Waals surface area contributed by atoms with Crippen LogP contribution in [-0.4, -0.2) is 34.8 Å². The fourth-order valence-electron chi connectivity index (χ4n) is 5.51. The number of esters is 1. The van der Waals surface area contributed by atoms with Crippen molar-refractivity contribution >= 4 is 72.2 Å². The maximum Gasteiger partial charge on any atom is 0.305 e. The van der Waals surface area contributed by atoms with Crippen LogP contribution in [0.1, 0.15) is 42.4 Å². The molecule has 0 fully saturated rings. The number of nitrogens with zero attached hydrogens (tertiary/aromatic N) is 1. The number of carbonyl (C=O) groups is 3. The first-order chi connectivity index (χ1) is 18.8. The predicted molar refractivity (Wildman–Crippen MR) is 160 cm³/mol. The maximum absolute atomic E-state index is 13.8. The molecule has 2 atom stereocenters. The molecule has 0 bridgehead atoms. The van der Waals surface area contributed by atoms with Gasteiger partial charge in [-0.3, -0.25) is 14.4 Å². The van der Waals surface area contributed by atoms with Crippen LogP contribution in [0.2, 0.25) is 0 Å². The molecule has 1 aliphatic carbocycles. The molecule has 200 valence electrons. The van der Waals surface area contributed by atoms with Gasteiger partial charge in [-0.25, -0.2) is 4.98 Å². The number of amides is 1. The molecule has 0 spiro atoms. The van der Waals surface area contributed by atoms with E-state index in [4.69, 9.17) is 9.72 Å². The third kappa shape index (κ3) is 6.02. The number of fused-ring (bicyclic) bond motifs is 3. The van der Waals surface area contributed by atoms with Gasteiger partial charge >= 0.3 is 5.97 Å². The van der Waals surface area contributed by atoms with Crippen molar-refractivity contribution < 1.29 is 19.1 Å². The Bertz CT molecular complexity index is 1590. The fourth-order valence-corrected chi connectivity index (χ4v) is 6.71. The molecule has 1 amide bonds. The maximum atomic E-state index is 13.8. The van der Waals surface area contributed by atoms with Crippen LogP contribution < -0.4 is 5.32 Å². The van der Waals surface area contributed by atoms with E-state index in [0.717, 1.165) is 44.7 Å². The number of ether oxygens (including phenoxy) is 1. The molecule has 1 N–H and O–H groups in total. The van der Waals surface area contributed by atoms with Gasteiger partial charge in [0.25, 0.3) is 0 Å². The number of nitrogens with one attached hydrogen (secondary N) is 1. The first-order valence-corrected chi connectivity index (χ1v) is 14.7. The van der Waals surface area contributed by atoms with Gasteiger partial charge in [-0.15, -0.1) is 0 Å². The molecular weight excluding hydrogens is 576 g/mol. The summed E-state index contributed by atoms with van der Waals surface area (Å²) in [5, 5.41) is 5.00. The molecule has 5 rings (SSSR count). The predicted octanol–water partition coefficient (Wildman–Crippen LogP) is 6.82. The molecule has 8 heteroatoms. The van der Waals surface area contributed by atoms with E-state index in [1.807, 2.05) is 48.5 Å². The highest BCUT2D eigenvalue weighted by atomic mass is 79.9. The van der Waals surface area contributed by atoms with Gasteiger partial charge in [0, 0.05) is 40.0 Å². The van der Waals surface area contributed by atoms with Gasteiger partial charge in [0.15, 0.2) is 5.12 Å². The minimum Gasteiger partial charge on any atom is -0.469 e. The molecule has 0 saturated carbocycles. The summed E-state index contributed by atoms with van der Waals surface area (Å²) in [5.41, 5.74) is 5.74. The highest BCUT2D eigenvalue weighted by Gasteiger charge is 2.35. The summed E-state index contributed by atoms with van der Waals surface area (Å²) in [7, 11) is 1.39. The van der Waals surface area contributed by atoms with Gasteiger partial charge in [0.1, 0.15) is 0 Å². The SMILES string of the molecule is COC(=O)CCc1c2ccccc2nc2ccc(NC(=O)C(CSC(C)=O)C3CCc4cc(Br)ccc43)cc12. The Kier molecular flexibility index (Phi) is 8.33. The van der Waals surface area contributed by atoms with Crippen molar-refractivity contribution in [3.63, 3.8) is 0 Å². The van der Waals surface area contributed by atoms with Crippen LogP contribution in [0.3, 0.4) is 0 Å². The van der Waals surface area contributed by atoms with Gasteiger partial charge in [0.2, 0.25) is 5.91 Å². The van der Waals surface area contributed by atoms with Crippen molar-refractivity contribution in [2.75, 3.05) is 18.2 Å². The Labute approximate surface area is 240 Å². The summed E-state index contributed by atoms with van der Waals surface area (Å²) >= 11 is 4.75. The largest absolute Gasteiger partial charge is 0.469 e. The van der Waals surface area contributed by atoms with E-state index in [9.17, 15) is 14.4 Å². The lowest BCUT2D eigenvalue weighted by Gasteiger charge is -2.23. The van der Waals surface area contributed by atoms with E-state index in [1.165, 1.54) is 36.9 Å². The average Bonchev–Trinajstić information content (AvgIpc) is 3.33. The average molecular weight is 606 g/mol. The van der Waals surface area contributed by atoms with E-state index in [0.29, 0.717) is 17.9 Å². The van der Waals surface area contributed by atoms with Crippen molar-refractivity contribution in [1.29, 1.82) is 0 Å². The van der Waals surface area contributed by atoms with E-state index >= 15 is 0 Å². The van der Waals surface area contributed by atoms with Crippen molar-refractivity contribution in [3.05, 3.63) is 81.8 Å². The second kappa shape index (κ2) is 11.9. The Morgan fingerprint density at radius 2 is 1.87 bits per heavy atom. The number of aromatic nitrogens is 1. The quantitative estimate of drug-likeness (QED) is 0.175. The fraction of sp³-hybridized carbons (Fsp3) is 0.290. The zero-order valence-corrected chi connectivity index (χ0v) is 24.2. The number of methoxy groups -OCH3 is 1. The normalized spacial score (nSPS) is 15.2. The van der Waals surface area contributed by atoms with Crippen LogP contribution in [0.4, 0.5) is 5.69 Å². The lowest BCUT2D eigenvalue weighted by Crippen LogP contribution is -2.30. The van der Waals surface area contributed by atoms with Crippen LogP contribution in [0, 0.1) is 5.92 Å². The summed E-state index contributed by atoms with van der Waals surface area (Å²) < 4.78 is 5.91. The number of carbonyl (C=O) groups excluding carboxylic acids is 3. The second-order valence-electron chi connectivity index (χ2n) is 9.80. The van der Waals surface area contributed by atoms with Gasteiger partial charge in [0.05, 0.1) is 24.1 Å². The summed E-state index contributed by atoms with van der Waals surface area (Å²) in [6.45, 7) is 1.54. The topological polar surface area (TPSA) is 85.4 Å². The molecule has 1 aromatic heterocycles. The van der Waals surface area contributed by atoms with Crippen molar-refractivity contribution in [2.45, 2.75) is 38.5 Å². The number of hydrogen-bond donors (Lipinski definition) is 1. The number of pyridine rings is 1. The first-order valence-electron chi connectivity index (χ1n) is 12.9. The summed E-state index contributed by atoms with van der Waals surface area (Å²) in [4.78, 5) is 42.4. The van der Waals surface area contributed by atoms with E-state index < -0.39 is 0 Å². The molecule has 1 heterocycles. The summed E-state index contributed by atoms with van der Waals surface area (Å²) in [6.07, 6.45) is 2.52. The lowest BCUT2D eigenvalue weighted by atomic mass is 9.87. The number of rotatable bonds is 8. The monoisotopic (exact) mass is 604 g/mol. The van der Waals surface area contributed by atoms with Crippen LogP contribution in [0.5, 0.6) is 0 Å². The first kappa shape index (κ1) is 27.3. The zero-order chi connectivity index (χ0) is 27.5. The highest BCUT2D eigenvalue weighted by Crippen LogP contribution is 2.41. The smallest absolute Gasteiger partial charge is 0.305 e. The molecule has 0 aliphatic heterocycles. The van der Waals surface area contributed by atoms with Crippen molar-refractivity contribution in [3.8, 4) is 0 Å². The van der Waals surface area contributed by atoms with Gasteiger partial charge in [-0.05, 0) is 78.3 Å². The number of aryl methyl sites for hydroxylation is 2. The van der Waals surface area contributed by atoms with Crippen LogP contribution in [0.15, 0.2) is 65.1 Å². The van der Waals surface area contributed by atoms with Gasteiger partial charge < -0.3 is 10.1 Å². The Hall–Kier alpha value is -3.23. The van der Waals surface area contributed by atoms with Gasteiger partial charge in [-0.1, -0.05) is 52.0 Å². The number of anilines is 1. The molecular formula is C31H29BrN2O4S. The minimum atomic E-state index is -0.356. The molecule has 0 saturated heterocycles. The molecule has 1 aliphatic rings. The Morgan fingerprint density at radius 1 is 1.08 bits per heavy atom. The summed E-state index contributed by atoms with van der Waals surface area (Å²) in [6, 6.07) is 19.8. The molecule has 2 unspecified atom stereocenters. The van der Waals surface area contributed by atoms with Crippen LogP contribution >= 0.6 is 27.7 Å². The lowest BCUT2D eigenvalue weighted by molar-refractivity contribution is -0.140. The molecule has 6 nitrogen and oxygen atoms in total. The third-order valence-electron chi connectivity index (χ3n) is 7.38. The molecule has 0 radical (unpaired) electrons. The molecule has 4 aromatic rings. The van der Waals surface area contributed by atoms with E-state index in [1.54, 1.807) is 0 Å². The van der Waals surface area contributed by atoms with Crippen molar-refractivity contribution in [1.82, 2.24) is 4.98 Å². The second-order valence-corrected chi connectivity index (χ2v) is 11.9.